The Morgan fingerprint density at radius 2 is 1.92 bits per heavy atom. The zero-order valence-corrected chi connectivity index (χ0v) is 15.1. The zero-order valence-electron chi connectivity index (χ0n) is 15.1. The number of ether oxygens (including phenoxy) is 2. The minimum Gasteiger partial charge on any atom is -0.460 e. The van der Waals surface area contributed by atoms with Crippen LogP contribution in [0.3, 0.4) is 0 Å². The molecule has 8 heteroatoms. The molecule has 0 radical (unpaired) electrons. The Hall–Kier alpha value is -2.90. The fraction of sp³-hybridized carbons (Fsp3) is 0.444. The first-order valence-corrected chi connectivity index (χ1v) is 8.17. The Balaban J connectivity index is 1.99. The molecule has 1 fully saturated rings. The molecule has 0 aromatic heterocycles. The molecule has 1 unspecified atom stereocenters. The van der Waals surface area contributed by atoms with E-state index >= 15 is 0 Å². The van der Waals surface area contributed by atoms with Crippen molar-refractivity contribution in [3.05, 3.63) is 52.1 Å². The van der Waals surface area contributed by atoms with Gasteiger partial charge in [-0.3, -0.25) is 15.0 Å². The number of carbonyl (C=O) groups is 2. The first-order chi connectivity index (χ1) is 12.1. The largest absolute Gasteiger partial charge is 0.460 e. The van der Waals surface area contributed by atoms with E-state index < -0.39 is 28.6 Å². The van der Waals surface area contributed by atoms with Crippen molar-refractivity contribution in [2.45, 2.75) is 38.8 Å². The number of hydrogen-bond acceptors (Lipinski definition) is 6. The summed E-state index contributed by atoms with van der Waals surface area (Å²) in [4.78, 5) is 36.0. The van der Waals surface area contributed by atoms with Crippen molar-refractivity contribution in [1.82, 2.24) is 4.90 Å². The monoisotopic (exact) mass is 362 g/mol. The molecular formula is C18H22N2O6. The molecule has 2 rings (SSSR count). The van der Waals surface area contributed by atoms with E-state index in [0.29, 0.717) is 13.0 Å². The highest BCUT2D eigenvalue weighted by Gasteiger charge is 2.35. The van der Waals surface area contributed by atoms with E-state index in [1.807, 2.05) is 0 Å². The second-order valence-corrected chi connectivity index (χ2v) is 7.00. The fourth-order valence-electron chi connectivity index (χ4n) is 2.51. The summed E-state index contributed by atoms with van der Waals surface area (Å²) in [6.07, 6.45) is 0.131. The van der Waals surface area contributed by atoms with Gasteiger partial charge in [-0.2, -0.15) is 0 Å². The van der Waals surface area contributed by atoms with Crippen LogP contribution in [0.15, 0.2) is 36.4 Å². The van der Waals surface area contributed by atoms with Crippen molar-refractivity contribution in [3.8, 4) is 0 Å². The molecule has 0 aliphatic carbocycles. The van der Waals surface area contributed by atoms with Gasteiger partial charge in [0.25, 0.3) is 5.69 Å². The third kappa shape index (κ3) is 4.81. The van der Waals surface area contributed by atoms with Gasteiger partial charge in [0.2, 0.25) is 0 Å². The second kappa shape index (κ2) is 7.55. The minimum absolute atomic E-state index is 0.0477. The van der Waals surface area contributed by atoms with E-state index in [9.17, 15) is 19.7 Å². The molecule has 140 valence electrons. The lowest BCUT2D eigenvalue weighted by molar-refractivity contribution is -0.384. The van der Waals surface area contributed by atoms with E-state index in [0.717, 1.165) is 5.57 Å². The second-order valence-electron chi connectivity index (χ2n) is 7.00. The molecule has 1 aliphatic rings. The number of likely N-dealkylation sites (tertiary alicyclic amines) is 1. The van der Waals surface area contributed by atoms with Gasteiger partial charge < -0.3 is 9.47 Å². The number of nitro groups is 1. The van der Waals surface area contributed by atoms with Crippen molar-refractivity contribution in [3.63, 3.8) is 0 Å². The third-order valence-corrected chi connectivity index (χ3v) is 3.84. The highest BCUT2D eigenvalue weighted by atomic mass is 16.6. The van der Waals surface area contributed by atoms with Crippen LogP contribution in [0.1, 0.15) is 37.6 Å². The van der Waals surface area contributed by atoms with Crippen LogP contribution >= 0.6 is 0 Å². The van der Waals surface area contributed by atoms with E-state index in [-0.39, 0.29) is 17.9 Å². The molecule has 0 saturated carbocycles. The predicted molar refractivity (Wildman–Crippen MR) is 93.9 cm³/mol. The summed E-state index contributed by atoms with van der Waals surface area (Å²) in [6, 6.07) is 4.67. The van der Waals surface area contributed by atoms with Crippen molar-refractivity contribution in [2.24, 2.45) is 0 Å². The Morgan fingerprint density at radius 3 is 2.46 bits per heavy atom. The average Bonchev–Trinajstić information content (AvgIpc) is 2.92. The molecular weight excluding hydrogens is 340 g/mol. The van der Waals surface area contributed by atoms with Crippen LogP contribution in [0.4, 0.5) is 10.5 Å². The van der Waals surface area contributed by atoms with Crippen LogP contribution in [0, 0.1) is 10.1 Å². The minimum atomic E-state index is -0.624. The Labute approximate surface area is 151 Å². The summed E-state index contributed by atoms with van der Waals surface area (Å²) in [5.41, 5.74) is 0.248. The van der Waals surface area contributed by atoms with Gasteiger partial charge in [0.1, 0.15) is 12.2 Å². The van der Waals surface area contributed by atoms with E-state index in [2.05, 4.69) is 6.58 Å². The first kappa shape index (κ1) is 19.4. The van der Waals surface area contributed by atoms with Crippen molar-refractivity contribution in [1.29, 1.82) is 0 Å². The molecule has 1 aromatic rings. The standard InChI is InChI=1S/C18H22N2O6/c1-12-9-10-19(17(22)26-18(2,3)4)15(12)11-25-16(21)13-5-7-14(8-6-13)20(23)24/h5-8,15H,1,9-11H2,2-4H3. The number of amides is 1. The molecule has 1 aromatic carbocycles. The summed E-state index contributed by atoms with van der Waals surface area (Å²) in [7, 11) is 0. The number of non-ortho nitro benzene ring substituents is 1. The third-order valence-electron chi connectivity index (χ3n) is 3.84. The topological polar surface area (TPSA) is 99.0 Å². The summed E-state index contributed by atoms with van der Waals surface area (Å²) in [6.45, 7) is 9.67. The van der Waals surface area contributed by atoms with E-state index in [4.69, 9.17) is 9.47 Å². The summed E-state index contributed by atoms with van der Waals surface area (Å²) >= 11 is 0. The molecule has 1 heterocycles. The van der Waals surface area contributed by atoms with E-state index in [1.54, 1.807) is 20.8 Å². The fourth-order valence-corrected chi connectivity index (χ4v) is 2.51. The van der Waals surface area contributed by atoms with Gasteiger partial charge in [-0.05, 0) is 44.9 Å². The van der Waals surface area contributed by atoms with Gasteiger partial charge in [0, 0.05) is 18.7 Å². The summed E-state index contributed by atoms with van der Waals surface area (Å²) < 4.78 is 10.6. The molecule has 8 nitrogen and oxygen atoms in total. The SMILES string of the molecule is C=C1CCN(C(=O)OC(C)(C)C)C1COC(=O)c1ccc([N+](=O)[O-])cc1. The van der Waals surface area contributed by atoms with Crippen molar-refractivity contribution >= 4 is 17.7 Å². The maximum Gasteiger partial charge on any atom is 0.410 e. The number of rotatable bonds is 4. The zero-order chi connectivity index (χ0) is 19.5. The van der Waals surface area contributed by atoms with Crippen molar-refractivity contribution < 1.29 is 24.0 Å². The lowest BCUT2D eigenvalue weighted by Gasteiger charge is -2.28. The quantitative estimate of drug-likeness (QED) is 0.353. The molecule has 26 heavy (non-hydrogen) atoms. The molecule has 0 N–H and O–H groups in total. The lowest BCUT2D eigenvalue weighted by Crippen LogP contribution is -2.42. The number of nitrogens with zero attached hydrogens (tertiary/aromatic N) is 2. The van der Waals surface area contributed by atoms with Crippen LogP contribution in [-0.2, 0) is 9.47 Å². The number of benzene rings is 1. The molecule has 0 bridgehead atoms. The Bertz CT molecular complexity index is 720. The van der Waals surface area contributed by atoms with Gasteiger partial charge in [-0.25, -0.2) is 9.59 Å². The summed E-state index contributed by atoms with van der Waals surface area (Å²) in [5, 5.41) is 10.6. The van der Waals surface area contributed by atoms with Crippen molar-refractivity contribution in [2.75, 3.05) is 13.2 Å². The lowest BCUT2D eigenvalue weighted by atomic mass is 10.1. The molecule has 1 atom stereocenters. The molecule has 1 saturated heterocycles. The van der Waals surface area contributed by atoms with Gasteiger partial charge in [-0.15, -0.1) is 0 Å². The van der Waals surface area contributed by atoms with Crippen LogP contribution in [0.5, 0.6) is 0 Å². The van der Waals surface area contributed by atoms with Crippen LogP contribution in [0.2, 0.25) is 0 Å². The average molecular weight is 362 g/mol. The number of nitro benzene ring substituents is 1. The Kier molecular flexibility index (Phi) is 5.64. The normalized spacial score (nSPS) is 17.1. The van der Waals surface area contributed by atoms with Crippen LogP contribution in [0.25, 0.3) is 0 Å². The summed E-state index contributed by atoms with van der Waals surface area (Å²) in [5.74, 6) is -0.622. The van der Waals surface area contributed by atoms with Crippen LogP contribution < -0.4 is 0 Å². The van der Waals surface area contributed by atoms with Gasteiger partial charge in [0.05, 0.1) is 16.5 Å². The molecule has 1 amide bonds. The smallest absolute Gasteiger partial charge is 0.410 e. The molecule has 1 aliphatic heterocycles. The highest BCUT2D eigenvalue weighted by Crippen LogP contribution is 2.25. The molecule has 0 spiro atoms. The number of hydrogen-bond donors (Lipinski definition) is 0. The number of carbonyl (C=O) groups excluding carboxylic acids is 2. The maximum atomic E-state index is 12.3. The number of esters is 1. The van der Waals surface area contributed by atoms with Crippen LogP contribution in [-0.4, -0.2) is 46.7 Å². The Morgan fingerprint density at radius 1 is 1.31 bits per heavy atom. The maximum absolute atomic E-state index is 12.3. The van der Waals surface area contributed by atoms with Gasteiger partial charge >= 0.3 is 12.1 Å². The highest BCUT2D eigenvalue weighted by molar-refractivity contribution is 5.89. The first-order valence-electron chi connectivity index (χ1n) is 8.17. The van der Waals surface area contributed by atoms with E-state index in [1.165, 1.54) is 29.2 Å². The van der Waals surface area contributed by atoms with Gasteiger partial charge in [-0.1, -0.05) is 6.58 Å². The predicted octanol–water partition coefficient (Wildman–Crippen LogP) is 3.32. The van der Waals surface area contributed by atoms with Gasteiger partial charge in [0.15, 0.2) is 0 Å².